The Bertz CT molecular complexity index is 710. The highest BCUT2D eigenvalue weighted by molar-refractivity contribution is 9.10. The number of quaternary nitrogens is 1. The van der Waals surface area contributed by atoms with E-state index in [9.17, 15) is 4.79 Å². The molecule has 26 heavy (non-hydrogen) atoms. The second kappa shape index (κ2) is 9.31. The van der Waals surface area contributed by atoms with Crippen LogP contribution in [-0.4, -0.2) is 38.8 Å². The average molecular weight is 418 g/mol. The standard InChI is InChI=1S/C21H25BrN2O2/c1-16-2-6-18(7-3-16)20(15-24-10-12-26-13-11-24)23-21(25)14-17-4-8-19(22)9-5-17/h2-9,20H,10-15H2,1H3,(H,23,25)/p+1/t20-/m0/s1. The first-order chi connectivity index (χ1) is 12.6. The highest BCUT2D eigenvalue weighted by Crippen LogP contribution is 2.14. The fourth-order valence-corrected chi connectivity index (χ4v) is 3.50. The summed E-state index contributed by atoms with van der Waals surface area (Å²) in [6.07, 6.45) is 0.397. The largest absolute Gasteiger partial charge is 0.370 e. The van der Waals surface area contributed by atoms with Crippen LogP contribution in [0, 0.1) is 6.92 Å². The van der Waals surface area contributed by atoms with Crippen molar-refractivity contribution in [1.82, 2.24) is 5.32 Å². The number of morpholine rings is 1. The molecule has 1 aliphatic rings. The van der Waals surface area contributed by atoms with E-state index in [2.05, 4.69) is 52.4 Å². The first-order valence-corrected chi connectivity index (χ1v) is 9.91. The highest BCUT2D eigenvalue weighted by Gasteiger charge is 2.23. The summed E-state index contributed by atoms with van der Waals surface area (Å²) in [6.45, 7) is 6.54. The zero-order chi connectivity index (χ0) is 18.4. The molecule has 5 heteroatoms. The maximum absolute atomic E-state index is 12.6. The lowest BCUT2D eigenvalue weighted by molar-refractivity contribution is -0.909. The lowest BCUT2D eigenvalue weighted by atomic mass is 10.0. The van der Waals surface area contributed by atoms with Gasteiger partial charge >= 0.3 is 0 Å². The molecule has 4 nitrogen and oxygen atoms in total. The van der Waals surface area contributed by atoms with Crippen LogP contribution >= 0.6 is 15.9 Å². The van der Waals surface area contributed by atoms with Crippen LogP contribution in [0.1, 0.15) is 22.7 Å². The van der Waals surface area contributed by atoms with Crippen molar-refractivity contribution in [2.24, 2.45) is 0 Å². The predicted octanol–water partition coefficient (Wildman–Crippen LogP) is 2.07. The van der Waals surface area contributed by atoms with Gasteiger partial charge in [-0.05, 0) is 30.2 Å². The van der Waals surface area contributed by atoms with E-state index >= 15 is 0 Å². The number of halogens is 1. The summed E-state index contributed by atoms with van der Waals surface area (Å²) in [5.41, 5.74) is 3.42. The monoisotopic (exact) mass is 417 g/mol. The minimum Gasteiger partial charge on any atom is -0.370 e. The van der Waals surface area contributed by atoms with Crippen LogP contribution in [0.25, 0.3) is 0 Å². The van der Waals surface area contributed by atoms with Crippen molar-refractivity contribution in [2.45, 2.75) is 19.4 Å². The molecule has 1 heterocycles. The van der Waals surface area contributed by atoms with Crippen LogP contribution in [-0.2, 0) is 16.0 Å². The molecule has 0 aliphatic carbocycles. The summed E-state index contributed by atoms with van der Waals surface area (Å²) >= 11 is 3.43. The Kier molecular flexibility index (Phi) is 6.83. The number of nitrogens with one attached hydrogen (secondary N) is 2. The molecular formula is C21H26BrN2O2+. The number of rotatable bonds is 6. The van der Waals surface area contributed by atoms with Crippen LogP contribution in [0.15, 0.2) is 53.0 Å². The average Bonchev–Trinajstić information content (AvgIpc) is 2.65. The Hall–Kier alpha value is -1.69. The molecule has 1 atom stereocenters. The minimum absolute atomic E-state index is 0.0200. The van der Waals surface area contributed by atoms with Crippen LogP contribution in [0.4, 0.5) is 0 Å². The third-order valence-electron chi connectivity index (χ3n) is 4.79. The van der Waals surface area contributed by atoms with E-state index in [1.807, 2.05) is 24.3 Å². The molecule has 1 amide bonds. The number of carbonyl (C=O) groups excluding carboxylic acids is 1. The molecule has 2 aromatic carbocycles. The van der Waals surface area contributed by atoms with E-state index in [0.717, 1.165) is 42.9 Å². The van der Waals surface area contributed by atoms with E-state index in [-0.39, 0.29) is 11.9 Å². The van der Waals surface area contributed by atoms with E-state index in [0.29, 0.717) is 6.42 Å². The van der Waals surface area contributed by atoms with Crippen molar-refractivity contribution in [1.29, 1.82) is 0 Å². The number of ether oxygens (including phenoxy) is 1. The van der Waals surface area contributed by atoms with E-state index in [4.69, 9.17) is 4.74 Å². The summed E-state index contributed by atoms with van der Waals surface area (Å²) in [5, 5.41) is 3.25. The van der Waals surface area contributed by atoms with Gasteiger partial charge in [0, 0.05) is 4.47 Å². The van der Waals surface area contributed by atoms with Gasteiger partial charge in [-0.25, -0.2) is 0 Å². The SMILES string of the molecule is Cc1ccc([C@H](C[NH+]2CCOCC2)NC(=O)Cc2ccc(Br)cc2)cc1. The number of carbonyl (C=O) groups is 1. The van der Waals surface area contributed by atoms with Gasteiger partial charge in [-0.1, -0.05) is 57.9 Å². The van der Waals surface area contributed by atoms with Gasteiger partial charge in [0.2, 0.25) is 5.91 Å². The molecule has 1 saturated heterocycles. The maximum atomic E-state index is 12.6. The number of amides is 1. The molecule has 138 valence electrons. The van der Waals surface area contributed by atoms with Gasteiger partial charge in [-0.3, -0.25) is 4.79 Å². The predicted molar refractivity (Wildman–Crippen MR) is 106 cm³/mol. The molecule has 0 bridgehead atoms. The van der Waals surface area contributed by atoms with E-state index < -0.39 is 0 Å². The van der Waals surface area contributed by atoms with Crippen molar-refractivity contribution < 1.29 is 14.4 Å². The first kappa shape index (κ1) is 19.1. The second-order valence-corrected chi connectivity index (χ2v) is 7.82. The van der Waals surface area contributed by atoms with E-state index in [1.165, 1.54) is 16.0 Å². The van der Waals surface area contributed by atoms with Gasteiger partial charge in [-0.15, -0.1) is 0 Å². The van der Waals surface area contributed by atoms with Crippen molar-refractivity contribution in [2.75, 3.05) is 32.8 Å². The van der Waals surface area contributed by atoms with Gasteiger partial charge in [0.1, 0.15) is 25.7 Å². The molecule has 1 aliphatic heterocycles. The first-order valence-electron chi connectivity index (χ1n) is 9.12. The lowest BCUT2D eigenvalue weighted by Crippen LogP contribution is -3.14. The lowest BCUT2D eigenvalue weighted by Gasteiger charge is -2.28. The molecule has 0 spiro atoms. The van der Waals surface area contributed by atoms with Gasteiger partial charge in [0.25, 0.3) is 0 Å². The van der Waals surface area contributed by atoms with Gasteiger partial charge in [0.05, 0.1) is 19.6 Å². The number of hydrogen-bond donors (Lipinski definition) is 2. The quantitative estimate of drug-likeness (QED) is 0.755. The summed E-state index contributed by atoms with van der Waals surface area (Å²) < 4.78 is 6.48. The Labute approximate surface area is 163 Å². The Morgan fingerprint density at radius 2 is 1.77 bits per heavy atom. The third-order valence-corrected chi connectivity index (χ3v) is 5.31. The number of benzene rings is 2. The Balaban J connectivity index is 1.68. The van der Waals surface area contributed by atoms with Crippen molar-refractivity contribution >= 4 is 21.8 Å². The van der Waals surface area contributed by atoms with Gasteiger partial charge < -0.3 is 15.0 Å². The zero-order valence-corrected chi connectivity index (χ0v) is 16.7. The molecule has 3 rings (SSSR count). The van der Waals surface area contributed by atoms with Crippen molar-refractivity contribution in [3.63, 3.8) is 0 Å². The molecule has 0 saturated carbocycles. The second-order valence-electron chi connectivity index (χ2n) is 6.90. The third kappa shape index (κ3) is 5.66. The van der Waals surface area contributed by atoms with Crippen LogP contribution in [0.5, 0.6) is 0 Å². The summed E-state index contributed by atoms with van der Waals surface area (Å²) in [6, 6.07) is 16.4. The normalized spacial score (nSPS) is 16.2. The minimum atomic E-state index is 0.0200. The summed E-state index contributed by atoms with van der Waals surface area (Å²) in [7, 11) is 0. The van der Waals surface area contributed by atoms with Crippen molar-refractivity contribution in [3.8, 4) is 0 Å². The topological polar surface area (TPSA) is 42.8 Å². The number of hydrogen-bond acceptors (Lipinski definition) is 2. The molecular weight excluding hydrogens is 392 g/mol. The van der Waals surface area contributed by atoms with Crippen LogP contribution in [0.3, 0.4) is 0 Å². The van der Waals surface area contributed by atoms with Gasteiger partial charge in [-0.2, -0.15) is 0 Å². The molecule has 2 N–H and O–H groups in total. The Morgan fingerprint density at radius 1 is 1.12 bits per heavy atom. The molecule has 0 unspecified atom stereocenters. The smallest absolute Gasteiger partial charge is 0.225 e. The number of aryl methyl sites for hydroxylation is 1. The Morgan fingerprint density at radius 3 is 2.42 bits per heavy atom. The highest BCUT2D eigenvalue weighted by atomic mass is 79.9. The maximum Gasteiger partial charge on any atom is 0.225 e. The zero-order valence-electron chi connectivity index (χ0n) is 15.1. The fourth-order valence-electron chi connectivity index (χ4n) is 3.24. The molecule has 0 radical (unpaired) electrons. The summed E-state index contributed by atoms with van der Waals surface area (Å²) in [5.74, 6) is 0.0607. The van der Waals surface area contributed by atoms with Crippen LogP contribution in [0.2, 0.25) is 0 Å². The molecule has 1 fully saturated rings. The van der Waals surface area contributed by atoms with E-state index in [1.54, 1.807) is 0 Å². The van der Waals surface area contributed by atoms with Crippen molar-refractivity contribution in [3.05, 3.63) is 69.7 Å². The summed E-state index contributed by atoms with van der Waals surface area (Å²) in [4.78, 5) is 14.1. The van der Waals surface area contributed by atoms with Crippen LogP contribution < -0.4 is 10.2 Å². The fraction of sp³-hybridized carbons (Fsp3) is 0.381. The molecule has 2 aromatic rings. The van der Waals surface area contributed by atoms with Gasteiger partial charge in [0.15, 0.2) is 0 Å². The molecule has 0 aromatic heterocycles.